The van der Waals surface area contributed by atoms with E-state index in [1.165, 1.54) is 0 Å². The fourth-order valence-corrected chi connectivity index (χ4v) is 1.94. The summed E-state index contributed by atoms with van der Waals surface area (Å²) in [5, 5.41) is 18.9. The largest absolute Gasteiger partial charge is 0.395 e. The van der Waals surface area contributed by atoms with Crippen molar-refractivity contribution in [3.05, 3.63) is 35.4 Å². The van der Waals surface area contributed by atoms with Crippen LogP contribution in [-0.4, -0.2) is 55.1 Å². The van der Waals surface area contributed by atoms with Crippen LogP contribution in [0.2, 0.25) is 0 Å². The van der Waals surface area contributed by atoms with Crippen LogP contribution in [-0.2, 0) is 4.74 Å². The highest BCUT2D eigenvalue weighted by Crippen LogP contribution is 2.19. The molecule has 0 aliphatic heterocycles. The first kappa shape index (κ1) is 17.0. The van der Waals surface area contributed by atoms with Crippen LogP contribution in [0.3, 0.4) is 0 Å². The molecule has 0 aromatic heterocycles. The van der Waals surface area contributed by atoms with Gasteiger partial charge in [-0.25, -0.2) is 8.78 Å². The second-order valence-corrected chi connectivity index (χ2v) is 4.57. The third kappa shape index (κ3) is 5.92. The standard InChI is InChI=1S/C14H21F2NO3/c1-20-7-5-17(4-6-18)3-2-14(19)11-8-12(15)10-13(16)9-11/h8-10,14,18-19H,2-7H2,1H3. The molecule has 1 aromatic rings. The van der Waals surface area contributed by atoms with Gasteiger partial charge >= 0.3 is 0 Å². The van der Waals surface area contributed by atoms with Gasteiger partial charge in [0.25, 0.3) is 0 Å². The Kier molecular flexibility index (Phi) is 7.61. The molecule has 0 spiro atoms. The van der Waals surface area contributed by atoms with Gasteiger partial charge in [-0.2, -0.15) is 0 Å². The summed E-state index contributed by atoms with van der Waals surface area (Å²) in [5.41, 5.74) is 0.221. The second-order valence-electron chi connectivity index (χ2n) is 4.57. The van der Waals surface area contributed by atoms with Crippen LogP contribution in [0.4, 0.5) is 8.78 Å². The molecule has 1 rings (SSSR count). The van der Waals surface area contributed by atoms with Crippen LogP contribution in [0.1, 0.15) is 18.1 Å². The maximum atomic E-state index is 13.1. The Morgan fingerprint density at radius 1 is 1.15 bits per heavy atom. The number of hydrogen-bond acceptors (Lipinski definition) is 4. The maximum absolute atomic E-state index is 13.1. The summed E-state index contributed by atoms with van der Waals surface area (Å²) in [5.74, 6) is -1.41. The topological polar surface area (TPSA) is 52.9 Å². The van der Waals surface area contributed by atoms with Crippen molar-refractivity contribution in [3.63, 3.8) is 0 Å². The Hall–Kier alpha value is -1.08. The third-order valence-electron chi connectivity index (χ3n) is 3.02. The predicted octanol–water partition coefficient (Wildman–Crippen LogP) is 1.33. The third-order valence-corrected chi connectivity index (χ3v) is 3.02. The Balaban J connectivity index is 2.53. The number of halogens is 2. The summed E-state index contributed by atoms with van der Waals surface area (Å²) in [6.07, 6.45) is -0.615. The molecule has 0 saturated heterocycles. The van der Waals surface area contributed by atoms with E-state index in [0.717, 1.165) is 18.2 Å². The number of rotatable bonds is 9. The minimum atomic E-state index is -0.941. The molecule has 0 bridgehead atoms. The van der Waals surface area contributed by atoms with Crippen LogP contribution >= 0.6 is 0 Å². The van der Waals surface area contributed by atoms with E-state index >= 15 is 0 Å². The number of aliphatic hydroxyl groups is 2. The van der Waals surface area contributed by atoms with Crippen molar-refractivity contribution in [2.45, 2.75) is 12.5 Å². The first-order valence-electron chi connectivity index (χ1n) is 6.53. The normalized spacial score (nSPS) is 12.9. The van der Waals surface area contributed by atoms with Crippen molar-refractivity contribution in [3.8, 4) is 0 Å². The molecule has 1 aromatic carbocycles. The molecule has 114 valence electrons. The van der Waals surface area contributed by atoms with Gasteiger partial charge in [0, 0.05) is 32.8 Å². The van der Waals surface area contributed by atoms with E-state index in [2.05, 4.69) is 0 Å². The number of methoxy groups -OCH3 is 1. The SMILES string of the molecule is COCCN(CCO)CCC(O)c1cc(F)cc(F)c1. The first-order valence-corrected chi connectivity index (χ1v) is 6.53. The molecule has 0 aliphatic rings. The van der Waals surface area contributed by atoms with Crippen molar-refractivity contribution < 1.29 is 23.7 Å². The van der Waals surface area contributed by atoms with Gasteiger partial charge in [0.2, 0.25) is 0 Å². The van der Waals surface area contributed by atoms with E-state index in [9.17, 15) is 13.9 Å². The molecule has 0 amide bonds. The van der Waals surface area contributed by atoms with E-state index in [4.69, 9.17) is 9.84 Å². The number of ether oxygens (including phenoxy) is 1. The average molecular weight is 289 g/mol. The fourth-order valence-electron chi connectivity index (χ4n) is 1.94. The maximum Gasteiger partial charge on any atom is 0.126 e. The first-order chi connectivity index (χ1) is 9.56. The fraction of sp³-hybridized carbons (Fsp3) is 0.571. The summed E-state index contributed by atoms with van der Waals surface area (Å²) < 4.78 is 31.1. The van der Waals surface area contributed by atoms with E-state index in [1.807, 2.05) is 4.90 Å². The molecular formula is C14H21F2NO3. The Labute approximate surface area is 117 Å². The zero-order valence-electron chi connectivity index (χ0n) is 11.6. The quantitative estimate of drug-likeness (QED) is 0.720. The molecule has 20 heavy (non-hydrogen) atoms. The Bertz CT molecular complexity index is 384. The summed E-state index contributed by atoms with van der Waals surface area (Å²) in [6, 6.07) is 3.02. The van der Waals surface area contributed by atoms with E-state index in [1.54, 1.807) is 7.11 Å². The van der Waals surface area contributed by atoms with Crippen LogP contribution < -0.4 is 0 Å². The zero-order valence-corrected chi connectivity index (χ0v) is 11.6. The summed E-state index contributed by atoms with van der Waals surface area (Å²) >= 11 is 0. The summed E-state index contributed by atoms with van der Waals surface area (Å²) in [7, 11) is 1.58. The van der Waals surface area contributed by atoms with Crippen LogP contribution in [0.25, 0.3) is 0 Å². The monoisotopic (exact) mass is 289 g/mol. The van der Waals surface area contributed by atoms with Crippen LogP contribution in [0.15, 0.2) is 18.2 Å². The Morgan fingerprint density at radius 3 is 2.35 bits per heavy atom. The molecule has 2 N–H and O–H groups in total. The number of aliphatic hydroxyl groups excluding tert-OH is 2. The lowest BCUT2D eigenvalue weighted by Gasteiger charge is -2.22. The lowest BCUT2D eigenvalue weighted by atomic mass is 10.1. The van der Waals surface area contributed by atoms with Gasteiger partial charge in [0.05, 0.1) is 19.3 Å². The predicted molar refractivity (Wildman–Crippen MR) is 71.3 cm³/mol. The summed E-state index contributed by atoms with van der Waals surface area (Å²) in [4.78, 5) is 1.92. The van der Waals surface area contributed by atoms with Gasteiger partial charge in [0.15, 0.2) is 0 Å². The molecule has 0 radical (unpaired) electrons. The zero-order chi connectivity index (χ0) is 15.0. The van der Waals surface area contributed by atoms with Gasteiger partial charge in [-0.05, 0) is 24.1 Å². The van der Waals surface area contributed by atoms with Crippen molar-refractivity contribution in [1.29, 1.82) is 0 Å². The molecule has 0 aliphatic carbocycles. The molecule has 1 unspecified atom stereocenters. The smallest absolute Gasteiger partial charge is 0.126 e. The lowest BCUT2D eigenvalue weighted by molar-refractivity contribution is 0.105. The molecular weight excluding hydrogens is 268 g/mol. The lowest BCUT2D eigenvalue weighted by Crippen LogP contribution is -2.32. The van der Waals surface area contributed by atoms with Crippen molar-refractivity contribution in [2.75, 3.05) is 40.0 Å². The molecule has 6 heteroatoms. The number of nitrogens with zero attached hydrogens (tertiary/aromatic N) is 1. The van der Waals surface area contributed by atoms with Crippen LogP contribution in [0.5, 0.6) is 0 Å². The molecule has 0 saturated carbocycles. The van der Waals surface area contributed by atoms with Gasteiger partial charge in [-0.15, -0.1) is 0 Å². The summed E-state index contributed by atoms with van der Waals surface area (Å²) in [6.45, 7) is 2.12. The molecule has 4 nitrogen and oxygen atoms in total. The van der Waals surface area contributed by atoms with Crippen molar-refractivity contribution in [2.24, 2.45) is 0 Å². The van der Waals surface area contributed by atoms with Gasteiger partial charge in [-0.3, -0.25) is 4.90 Å². The molecule has 1 atom stereocenters. The number of hydrogen-bond donors (Lipinski definition) is 2. The Morgan fingerprint density at radius 2 is 1.80 bits per heavy atom. The van der Waals surface area contributed by atoms with Gasteiger partial charge in [0.1, 0.15) is 11.6 Å². The van der Waals surface area contributed by atoms with E-state index < -0.39 is 17.7 Å². The van der Waals surface area contributed by atoms with Gasteiger partial charge < -0.3 is 14.9 Å². The van der Waals surface area contributed by atoms with Crippen molar-refractivity contribution in [1.82, 2.24) is 4.90 Å². The van der Waals surface area contributed by atoms with E-state index in [-0.39, 0.29) is 12.2 Å². The highest BCUT2D eigenvalue weighted by Gasteiger charge is 2.13. The minimum Gasteiger partial charge on any atom is -0.395 e. The highest BCUT2D eigenvalue weighted by atomic mass is 19.1. The second kappa shape index (κ2) is 8.97. The highest BCUT2D eigenvalue weighted by molar-refractivity contribution is 5.20. The molecule has 0 fully saturated rings. The average Bonchev–Trinajstić information content (AvgIpc) is 2.40. The van der Waals surface area contributed by atoms with E-state index in [0.29, 0.717) is 32.7 Å². The number of benzene rings is 1. The molecule has 0 heterocycles. The van der Waals surface area contributed by atoms with Gasteiger partial charge in [-0.1, -0.05) is 0 Å². The van der Waals surface area contributed by atoms with Crippen molar-refractivity contribution >= 4 is 0 Å². The van der Waals surface area contributed by atoms with Crippen LogP contribution in [0, 0.1) is 11.6 Å². The minimum absolute atomic E-state index is 0.00834.